The summed E-state index contributed by atoms with van der Waals surface area (Å²) in [4.78, 5) is 14.4. The van der Waals surface area contributed by atoms with Gasteiger partial charge < -0.3 is 14.3 Å². The fraction of sp³-hybridized carbons (Fsp3) is 0. The number of para-hydroxylation sites is 1. The molecule has 0 aliphatic rings. The molecule has 128 valence electrons. The summed E-state index contributed by atoms with van der Waals surface area (Å²) in [6.07, 6.45) is 0. The van der Waals surface area contributed by atoms with Crippen molar-refractivity contribution in [3.63, 3.8) is 0 Å². The van der Waals surface area contributed by atoms with Crippen molar-refractivity contribution >= 4 is 17.4 Å². The number of anilines is 2. The van der Waals surface area contributed by atoms with E-state index in [-0.39, 0.29) is 29.3 Å². The molecule has 10 heteroatoms. The second-order valence-electron chi connectivity index (χ2n) is 5.13. The van der Waals surface area contributed by atoms with E-state index >= 15 is 0 Å². The Kier molecular flexibility index (Phi) is 3.82. The highest BCUT2D eigenvalue weighted by Crippen LogP contribution is 2.24. The molecule has 0 atom stereocenters. The number of aromatic nitrogens is 4. The topological polar surface area (TPSA) is 133 Å². The number of nitrogens with one attached hydrogen (secondary N) is 1. The van der Waals surface area contributed by atoms with E-state index in [0.29, 0.717) is 5.56 Å². The first-order valence-electron chi connectivity index (χ1n) is 7.43. The highest BCUT2D eigenvalue weighted by Gasteiger charge is 2.17. The number of benzene rings is 2. The van der Waals surface area contributed by atoms with E-state index in [2.05, 4.69) is 25.7 Å². The van der Waals surface area contributed by atoms with Gasteiger partial charge in [-0.25, -0.2) is 0 Å². The molecule has 0 unspecified atom stereocenters. The summed E-state index contributed by atoms with van der Waals surface area (Å²) in [5, 5.41) is 25.2. The maximum atomic E-state index is 10.7. The number of hydrogen-bond acceptors (Lipinski definition) is 9. The van der Waals surface area contributed by atoms with Crippen molar-refractivity contribution < 1.29 is 13.9 Å². The Hall–Kier alpha value is -4.08. The fourth-order valence-electron chi connectivity index (χ4n) is 2.16. The highest BCUT2D eigenvalue weighted by molar-refractivity contribution is 5.59. The molecule has 2 heterocycles. The second-order valence-corrected chi connectivity index (χ2v) is 5.13. The maximum Gasteiger partial charge on any atom is 0.320 e. The van der Waals surface area contributed by atoms with E-state index in [1.54, 1.807) is 0 Å². The smallest absolute Gasteiger partial charge is 0.320 e. The predicted octanol–water partition coefficient (Wildman–Crippen LogP) is 3.44. The van der Waals surface area contributed by atoms with Crippen LogP contribution in [0.1, 0.15) is 0 Å². The number of rotatable bonds is 5. The van der Waals surface area contributed by atoms with Gasteiger partial charge in [0.15, 0.2) is 0 Å². The lowest BCUT2D eigenvalue weighted by Crippen LogP contribution is -1.88. The van der Waals surface area contributed by atoms with Crippen molar-refractivity contribution in [1.29, 1.82) is 0 Å². The third-order valence-corrected chi connectivity index (χ3v) is 3.40. The van der Waals surface area contributed by atoms with Crippen molar-refractivity contribution in [2.24, 2.45) is 0 Å². The van der Waals surface area contributed by atoms with Gasteiger partial charge in [0.1, 0.15) is 0 Å². The summed E-state index contributed by atoms with van der Waals surface area (Å²) in [6, 6.07) is 15.3. The zero-order valence-corrected chi connectivity index (χ0v) is 13.1. The largest absolute Gasteiger partial charge is 0.399 e. The van der Waals surface area contributed by atoms with Gasteiger partial charge in [0.25, 0.3) is 5.69 Å². The van der Waals surface area contributed by atoms with E-state index in [0.717, 1.165) is 5.69 Å². The Morgan fingerprint density at radius 2 is 1.73 bits per heavy atom. The first-order valence-corrected chi connectivity index (χ1v) is 7.43. The molecule has 0 amide bonds. The lowest BCUT2D eigenvalue weighted by Gasteiger charge is -1.98. The molecule has 0 saturated heterocycles. The maximum absolute atomic E-state index is 10.7. The van der Waals surface area contributed by atoms with Crippen LogP contribution in [-0.4, -0.2) is 25.3 Å². The van der Waals surface area contributed by atoms with Gasteiger partial charge in [0, 0.05) is 23.4 Å². The monoisotopic (exact) mass is 350 g/mol. The number of hydrogen-bond donors (Lipinski definition) is 1. The van der Waals surface area contributed by atoms with E-state index < -0.39 is 4.92 Å². The van der Waals surface area contributed by atoms with Gasteiger partial charge in [-0.05, 0) is 24.3 Å². The van der Waals surface area contributed by atoms with E-state index in [1.807, 2.05) is 30.3 Å². The van der Waals surface area contributed by atoms with Crippen molar-refractivity contribution in [2.45, 2.75) is 0 Å². The predicted molar refractivity (Wildman–Crippen MR) is 89.4 cm³/mol. The van der Waals surface area contributed by atoms with Gasteiger partial charge >= 0.3 is 17.8 Å². The summed E-state index contributed by atoms with van der Waals surface area (Å²) in [6.45, 7) is 0. The lowest BCUT2D eigenvalue weighted by atomic mass is 10.2. The quantitative estimate of drug-likeness (QED) is 0.424. The third kappa shape index (κ3) is 3.11. The van der Waals surface area contributed by atoms with Gasteiger partial charge in [-0.3, -0.25) is 10.1 Å². The Labute approximate surface area is 145 Å². The molecule has 26 heavy (non-hydrogen) atoms. The Morgan fingerprint density at radius 3 is 2.46 bits per heavy atom. The van der Waals surface area contributed by atoms with Gasteiger partial charge in [-0.15, -0.1) is 5.10 Å². The van der Waals surface area contributed by atoms with Crippen LogP contribution in [0, 0.1) is 10.1 Å². The molecule has 4 aromatic rings. The van der Waals surface area contributed by atoms with Crippen LogP contribution in [0.15, 0.2) is 63.5 Å². The standard InChI is InChI=1S/C16H10N6O4/c23-22(24)12-8-6-10(7-9-12)13-18-14(26-21-13)15-19-20-16(25-15)17-11-4-2-1-3-5-11/h1-9H,(H,17,20). The van der Waals surface area contributed by atoms with Gasteiger partial charge in [-0.1, -0.05) is 28.5 Å². The first-order chi connectivity index (χ1) is 12.7. The van der Waals surface area contributed by atoms with Crippen LogP contribution in [0.2, 0.25) is 0 Å². The Balaban J connectivity index is 1.54. The summed E-state index contributed by atoms with van der Waals surface area (Å²) in [5.41, 5.74) is 1.33. The van der Waals surface area contributed by atoms with Crippen LogP contribution in [0.3, 0.4) is 0 Å². The van der Waals surface area contributed by atoms with Crippen LogP contribution >= 0.6 is 0 Å². The molecule has 1 N–H and O–H groups in total. The molecule has 4 rings (SSSR count). The molecular weight excluding hydrogens is 340 g/mol. The van der Waals surface area contributed by atoms with Crippen molar-refractivity contribution in [1.82, 2.24) is 20.3 Å². The Bertz CT molecular complexity index is 1040. The van der Waals surface area contributed by atoms with Crippen LogP contribution < -0.4 is 5.32 Å². The first kappa shape index (κ1) is 15.4. The molecule has 2 aromatic carbocycles. The minimum absolute atomic E-state index is 0.0222. The molecule has 0 saturated carbocycles. The zero-order chi connectivity index (χ0) is 17.9. The van der Waals surface area contributed by atoms with E-state index in [9.17, 15) is 10.1 Å². The zero-order valence-electron chi connectivity index (χ0n) is 13.1. The second kappa shape index (κ2) is 6.43. The summed E-state index contributed by atoms with van der Waals surface area (Å²) in [5.74, 6) is 0.363. The highest BCUT2D eigenvalue weighted by atomic mass is 16.6. The number of nitrogens with zero attached hydrogens (tertiary/aromatic N) is 5. The molecule has 0 fully saturated rings. The normalized spacial score (nSPS) is 10.6. The molecule has 0 spiro atoms. The Morgan fingerprint density at radius 1 is 0.962 bits per heavy atom. The molecule has 0 aliphatic heterocycles. The third-order valence-electron chi connectivity index (χ3n) is 3.40. The van der Waals surface area contributed by atoms with Gasteiger partial charge in [0.05, 0.1) is 4.92 Å². The minimum atomic E-state index is -0.481. The average molecular weight is 350 g/mol. The van der Waals surface area contributed by atoms with Crippen LogP contribution in [0.25, 0.3) is 23.2 Å². The van der Waals surface area contributed by atoms with Gasteiger partial charge in [0.2, 0.25) is 5.82 Å². The van der Waals surface area contributed by atoms with Crippen molar-refractivity contribution in [2.75, 3.05) is 5.32 Å². The molecule has 0 radical (unpaired) electrons. The molecular formula is C16H10N6O4. The molecule has 2 aromatic heterocycles. The van der Waals surface area contributed by atoms with Gasteiger partial charge in [-0.2, -0.15) is 4.98 Å². The minimum Gasteiger partial charge on any atom is -0.399 e. The van der Waals surface area contributed by atoms with Crippen LogP contribution in [-0.2, 0) is 0 Å². The van der Waals surface area contributed by atoms with Crippen LogP contribution in [0.5, 0.6) is 0 Å². The number of nitro groups is 1. The van der Waals surface area contributed by atoms with Crippen molar-refractivity contribution in [3.05, 3.63) is 64.7 Å². The average Bonchev–Trinajstić information content (AvgIpc) is 3.32. The molecule has 10 nitrogen and oxygen atoms in total. The molecule has 0 bridgehead atoms. The molecule has 0 aliphatic carbocycles. The van der Waals surface area contributed by atoms with E-state index in [4.69, 9.17) is 8.94 Å². The fourth-order valence-corrected chi connectivity index (χ4v) is 2.16. The number of nitro benzene ring substituents is 1. The SMILES string of the molecule is O=[N+]([O-])c1ccc(-c2noc(-c3nnc(Nc4ccccc4)o3)n2)cc1. The lowest BCUT2D eigenvalue weighted by molar-refractivity contribution is -0.384. The summed E-state index contributed by atoms with van der Waals surface area (Å²) < 4.78 is 10.6. The summed E-state index contributed by atoms with van der Waals surface area (Å²) >= 11 is 0. The van der Waals surface area contributed by atoms with E-state index in [1.165, 1.54) is 24.3 Å². The number of non-ortho nitro benzene ring substituents is 1. The van der Waals surface area contributed by atoms with Crippen LogP contribution in [0.4, 0.5) is 17.4 Å². The van der Waals surface area contributed by atoms with Crippen molar-refractivity contribution in [3.8, 4) is 23.2 Å². The summed E-state index contributed by atoms with van der Waals surface area (Å²) in [7, 11) is 0.